The van der Waals surface area contributed by atoms with Gasteiger partial charge in [0.1, 0.15) is 5.82 Å². The van der Waals surface area contributed by atoms with E-state index in [4.69, 9.17) is 5.73 Å². The minimum Gasteiger partial charge on any atom is -0.380 e. The molecule has 2 aromatic heterocycles. The van der Waals surface area contributed by atoms with E-state index in [1.165, 1.54) is 16.3 Å². The third-order valence-corrected chi connectivity index (χ3v) is 7.90. The minimum absolute atomic E-state index is 0.109. The molecule has 9 heteroatoms. The molecular weight excluding hydrogens is 496 g/mol. The van der Waals surface area contributed by atoms with Gasteiger partial charge in [0.15, 0.2) is 0 Å². The highest BCUT2D eigenvalue weighted by atomic mass is 32.1. The van der Waals surface area contributed by atoms with E-state index < -0.39 is 5.91 Å². The van der Waals surface area contributed by atoms with Gasteiger partial charge < -0.3 is 26.2 Å². The first-order valence-electron chi connectivity index (χ1n) is 12.7. The number of rotatable bonds is 8. The van der Waals surface area contributed by atoms with E-state index in [1.807, 2.05) is 38.4 Å². The van der Waals surface area contributed by atoms with E-state index >= 15 is 0 Å². The van der Waals surface area contributed by atoms with E-state index in [0.29, 0.717) is 23.6 Å². The van der Waals surface area contributed by atoms with Crippen LogP contribution < -0.4 is 21.3 Å². The lowest BCUT2D eigenvalue weighted by molar-refractivity contribution is -0.133. The second-order valence-corrected chi connectivity index (χ2v) is 10.7. The molecule has 4 aromatic rings. The Bertz CT molecular complexity index is 1440. The standard InChI is InChI=1S/C29H32N6O2S/c1-34(2)29(37)19-10-13-35(14-11-19)22-8-6-21(7-9-22)33-27-16-25(24(18-32-27)28(30)36)31-17-20-4-3-5-26-23(20)12-15-38-26/h3-9,12,15-16,18-19H,10-11,13-14,17H2,1-2H3,(H2,30,36)(H2,31,32,33). The van der Waals surface area contributed by atoms with Gasteiger partial charge in [0.2, 0.25) is 5.91 Å². The van der Waals surface area contributed by atoms with Crippen LogP contribution in [0.2, 0.25) is 0 Å². The van der Waals surface area contributed by atoms with Crippen molar-refractivity contribution < 1.29 is 9.59 Å². The van der Waals surface area contributed by atoms with Gasteiger partial charge in [0.25, 0.3) is 5.91 Å². The van der Waals surface area contributed by atoms with E-state index in [0.717, 1.165) is 42.9 Å². The number of nitrogens with two attached hydrogens (primary N) is 1. The fourth-order valence-electron chi connectivity index (χ4n) is 4.92. The number of aromatic nitrogens is 1. The molecule has 1 aliphatic rings. The molecular formula is C29H32N6O2S. The van der Waals surface area contributed by atoms with Crippen molar-refractivity contribution in [3.63, 3.8) is 0 Å². The summed E-state index contributed by atoms with van der Waals surface area (Å²) < 4.78 is 1.23. The van der Waals surface area contributed by atoms with Crippen molar-refractivity contribution in [2.75, 3.05) is 42.7 Å². The van der Waals surface area contributed by atoms with Crippen molar-refractivity contribution in [2.45, 2.75) is 19.4 Å². The first-order chi connectivity index (χ1) is 18.4. The van der Waals surface area contributed by atoms with Crippen molar-refractivity contribution in [1.29, 1.82) is 0 Å². The van der Waals surface area contributed by atoms with Crippen LogP contribution in [0.4, 0.5) is 22.9 Å². The molecule has 0 unspecified atom stereocenters. The molecule has 1 aliphatic heterocycles. The van der Waals surface area contributed by atoms with Crippen molar-refractivity contribution in [1.82, 2.24) is 9.88 Å². The largest absolute Gasteiger partial charge is 0.380 e. The molecule has 4 N–H and O–H groups in total. The fraction of sp³-hybridized carbons (Fsp3) is 0.276. The molecule has 1 saturated heterocycles. The van der Waals surface area contributed by atoms with Gasteiger partial charge in [-0.05, 0) is 65.6 Å². The molecule has 196 valence electrons. The van der Waals surface area contributed by atoms with Gasteiger partial charge in [-0.15, -0.1) is 11.3 Å². The van der Waals surface area contributed by atoms with Crippen LogP contribution in [-0.4, -0.2) is 48.9 Å². The maximum absolute atomic E-state index is 12.3. The number of carbonyl (C=O) groups is 2. The number of carbonyl (C=O) groups excluding carboxylic acids is 2. The molecule has 3 heterocycles. The Hall–Kier alpha value is -4.11. The number of fused-ring (bicyclic) bond motifs is 1. The van der Waals surface area contributed by atoms with Crippen LogP contribution in [0.5, 0.6) is 0 Å². The Morgan fingerprint density at radius 2 is 1.87 bits per heavy atom. The third kappa shape index (κ3) is 5.57. The zero-order valence-electron chi connectivity index (χ0n) is 21.6. The van der Waals surface area contributed by atoms with Crippen LogP contribution in [0.25, 0.3) is 10.1 Å². The van der Waals surface area contributed by atoms with Crippen molar-refractivity contribution in [3.05, 3.63) is 77.3 Å². The van der Waals surface area contributed by atoms with Crippen LogP contribution in [-0.2, 0) is 11.3 Å². The number of hydrogen-bond donors (Lipinski definition) is 3. The number of benzene rings is 2. The Morgan fingerprint density at radius 1 is 1.11 bits per heavy atom. The molecule has 0 atom stereocenters. The van der Waals surface area contributed by atoms with Gasteiger partial charge in [0.05, 0.1) is 11.3 Å². The zero-order valence-corrected chi connectivity index (χ0v) is 22.4. The molecule has 2 aromatic carbocycles. The van der Waals surface area contributed by atoms with Gasteiger partial charge >= 0.3 is 0 Å². The number of anilines is 4. The van der Waals surface area contributed by atoms with Crippen molar-refractivity contribution in [2.24, 2.45) is 11.7 Å². The number of primary amides is 1. The number of nitrogens with zero attached hydrogens (tertiary/aromatic N) is 3. The molecule has 2 amide bonds. The monoisotopic (exact) mass is 528 g/mol. The van der Waals surface area contributed by atoms with Gasteiger partial charge in [0, 0.05) is 68.0 Å². The van der Waals surface area contributed by atoms with Crippen LogP contribution >= 0.6 is 11.3 Å². The highest BCUT2D eigenvalue weighted by Crippen LogP contribution is 2.28. The average Bonchev–Trinajstić information content (AvgIpc) is 3.42. The summed E-state index contributed by atoms with van der Waals surface area (Å²) >= 11 is 1.71. The molecule has 0 spiro atoms. The van der Waals surface area contributed by atoms with E-state index in [1.54, 1.807) is 16.2 Å². The first kappa shape index (κ1) is 25.5. The summed E-state index contributed by atoms with van der Waals surface area (Å²) in [5.41, 5.74) is 9.77. The highest BCUT2D eigenvalue weighted by molar-refractivity contribution is 7.17. The molecule has 8 nitrogen and oxygen atoms in total. The number of amides is 2. The molecule has 0 bridgehead atoms. The van der Waals surface area contributed by atoms with E-state index in [-0.39, 0.29) is 11.8 Å². The summed E-state index contributed by atoms with van der Waals surface area (Å²) in [6.07, 6.45) is 3.24. The van der Waals surface area contributed by atoms with Gasteiger partial charge in [-0.1, -0.05) is 12.1 Å². The van der Waals surface area contributed by atoms with Crippen LogP contribution in [0, 0.1) is 5.92 Å². The minimum atomic E-state index is -0.527. The molecule has 1 fully saturated rings. The number of piperidine rings is 1. The van der Waals surface area contributed by atoms with Crippen molar-refractivity contribution in [3.8, 4) is 0 Å². The Labute approximate surface area is 226 Å². The summed E-state index contributed by atoms with van der Waals surface area (Å²) in [5, 5.41) is 9.99. The van der Waals surface area contributed by atoms with E-state index in [9.17, 15) is 9.59 Å². The molecule has 5 rings (SSSR count). The summed E-state index contributed by atoms with van der Waals surface area (Å²) in [5.74, 6) is 0.414. The number of nitrogens with one attached hydrogen (secondary N) is 2. The number of thiophene rings is 1. The summed E-state index contributed by atoms with van der Waals surface area (Å²) in [4.78, 5) is 32.7. The Morgan fingerprint density at radius 3 is 2.58 bits per heavy atom. The molecule has 0 saturated carbocycles. The van der Waals surface area contributed by atoms with Gasteiger partial charge in [-0.25, -0.2) is 4.98 Å². The maximum Gasteiger partial charge on any atom is 0.252 e. The van der Waals surface area contributed by atoms with Crippen LogP contribution in [0.1, 0.15) is 28.8 Å². The Balaban J connectivity index is 1.25. The summed E-state index contributed by atoms with van der Waals surface area (Å²) in [6, 6.07) is 18.3. The lowest BCUT2D eigenvalue weighted by Gasteiger charge is -2.34. The van der Waals surface area contributed by atoms with Crippen LogP contribution in [0.3, 0.4) is 0 Å². The predicted molar refractivity (Wildman–Crippen MR) is 155 cm³/mol. The zero-order chi connectivity index (χ0) is 26.6. The predicted octanol–water partition coefficient (Wildman–Crippen LogP) is 5.06. The normalized spacial score (nSPS) is 13.9. The summed E-state index contributed by atoms with van der Waals surface area (Å²) in [7, 11) is 3.64. The van der Waals surface area contributed by atoms with Crippen molar-refractivity contribution >= 4 is 56.1 Å². The quantitative estimate of drug-likeness (QED) is 0.296. The smallest absolute Gasteiger partial charge is 0.252 e. The second kappa shape index (κ2) is 11.1. The average molecular weight is 529 g/mol. The van der Waals surface area contributed by atoms with Gasteiger partial charge in [-0.3, -0.25) is 9.59 Å². The third-order valence-electron chi connectivity index (χ3n) is 7.01. The SMILES string of the molecule is CN(C)C(=O)C1CCN(c2ccc(Nc3cc(NCc4cccc5sccc45)c(C(N)=O)cn3)cc2)CC1. The first-order valence-corrected chi connectivity index (χ1v) is 13.6. The lowest BCUT2D eigenvalue weighted by atomic mass is 9.95. The van der Waals surface area contributed by atoms with Gasteiger partial charge in [-0.2, -0.15) is 0 Å². The lowest BCUT2D eigenvalue weighted by Crippen LogP contribution is -2.40. The Kier molecular flexibility index (Phi) is 7.46. The fourth-order valence-corrected chi connectivity index (χ4v) is 5.75. The number of hydrogen-bond acceptors (Lipinski definition) is 7. The number of pyridine rings is 1. The van der Waals surface area contributed by atoms with Crippen LogP contribution in [0.15, 0.2) is 66.2 Å². The molecule has 0 radical (unpaired) electrons. The molecule has 38 heavy (non-hydrogen) atoms. The second-order valence-electron chi connectivity index (χ2n) is 9.75. The summed E-state index contributed by atoms with van der Waals surface area (Å²) in [6.45, 7) is 2.28. The topological polar surface area (TPSA) is 104 Å². The highest BCUT2D eigenvalue weighted by Gasteiger charge is 2.26. The maximum atomic E-state index is 12.3. The van der Waals surface area contributed by atoms with E-state index in [2.05, 4.69) is 56.2 Å². The molecule has 0 aliphatic carbocycles.